The van der Waals surface area contributed by atoms with E-state index in [1.165, 1.54) is 28.7 Å². The summed E-state index contributed by atoms with van der Waals surface area (Å²) >= 11 is 0. The minimum Gasteiger partial charge on any atom is -0.452 e. The highest BCUT2D eigenvalue weighted by Gasteiger charge is 2.26. The van der Waals surface area contributed by atoms with Crippen molar-refractivity contribution in [3.05, 3.63) is 53.6 Å². The second-order valence-corrected chi connectivity index (χ2v) is 6.06. The lowest BCUT2D eigenvalue weighted by molar-refractivity contribution is 0.180. The van der Waals surface area contributed by atoms with Crippen LogP contribution < -0.4 is 4.90 Å². The predicted octanol–water partition coefficient (Wildman–Crippen LogP) is 4.14. The van der Waals surface area contributed by atoms with Crippen molar-refractivity contribution in [2.75, 3.05) is 19.1 Å². The number of carbonyl (C=O) groups excluding carboxylic acids is 1. The molecule has 0 saturated heterocycles. The largest absolute Gasteiger partial charge is 0.452 e. The number of rotatable bonds is 3. The van der Waals surface area contributed by atoms with Gasteiger partial charge in [-0.25, -0.2) is 9.78 Å². The van der Waals surface area contributed by atoms with E-state index in [-0.39, 0.29) is 6.09 Å². The molecule has 126 valence electrons. The number of hydrogen-bond acceptors (Lipinski definition) is 3. The highest BCUT2D eigenvalue weighted by molar-refractivity contribution is 5.87. The van der Waals surface area contributed by atoms with Gasteiger partial charge in [-0.15, -0.1) is 0 Å². The number of aryl methyl sites for hydroxylation is 1. The van der Waals surface area contributed by atoms with Gasteiger partial charge < -0.3 is 9.72 Å². The van der Waals surface area contributed by atoms with Crippen LogP contribution in [0.5, 0.6) is 0 Å². The molecule has 0 radical (unpaired) electrons. The summed E-state index contributed by atoms with van der Waals surface area (Å²) in [6.45, 7) is 2.06. The van der Waals surface area contributed by atoms with Crippen molar-refractivity contribution in [2.45, 2.75) is 32.1 Å². The Hall–Kier alpha value is -2.56. The van der Waals surface area contributed by atoms with E-state index in [2.05, 4.69) is 35.1 Å². The number of benzene rings is 1. The molecule has 1 aliphatic rings. The number of carbonyl (C=O) groups is 1. The minimum absolute atomic E-state index is 0.299. The zero-order valence-corrected chi connectivity index (χ0v) is 14.4. The van der Waals surface area contributed by atoms with E-state index in [4.69, 9.17) is 4.74 Å². The van der Waals surface area contributed by atoms with E-state index in [9.17, 15) is 4.79 Å². The Morgan fingerprint density at radius 2 is 2.29 bits per heavy atom. The summed E-state index contributed by atoms with van der Waals surface area (Å²) in [7, 11) is 3.13. The third-order valence-electron chi connectivity index (χ3n) is 4.76. The number of allylic oxidation sites excluding steroid dienone is 2. The first-order chi connectivity index (χ1) is 11.7. The molecular formula is C19H23N3O2. The van der Waals surface area contributed by atoms with Gasteiger partial charge in [-0.3, -0.25) is 4.90 Å². The number of nitrogens with zero attached hydrogens (tertiary/aromatic N) is 2. The molecule has 1 unspecified atom stereocenters. The number of fused-ring (bicyclic) bond motifs is 1. The number of ether oxygens (including phenoxy) is 1. The van der Waals surface area contributed by atoms with Crippen molar-refractivity contribution in [1.82, 2.24) is 9.97 Å². The van der Waals surface area contributed by atoms with Crippen LogP contribution in [0.15, 0.2) is 36.8 Å². The quantitative estimate of drug-likeness (QED) is 0.923. The maximum atomic E-state index is 11.8. The lowest BCUT2D eigenvalue weighted by Crippen LogP contribution is -2.26. The number of nitrogens with one attached hydrogen (secondary N) is 1. The lowest BCUT2D eigenvalue weighted by atomic mass is 9.77. The number of hydrogen-bond donors (Lipinski definition) is 1. The molecule has 0 aliphatic heterocycles. The van der Waals surface area contributed by atoms with E-state index >= 15 is 0 Å². The van der Waals surface area contributed by atoms with Gasteiger partial charge >= 0.3 is 6.09 Å². The fraction of sp³-hybridized carbons (Fsp3) is 0.368. The molecule has 1 atom stereocenters. The first-order valence-electron chi connectivity index (χ1n) is 8.25. The summed E-state index contributed by atoms with van der Waals surface area (Å²) in [6, 6.07) is 6.24. The average molecular weight is 325 g/mol. The molecule has 1 aromatic heterocycles. The van der Waals surface area contributed by atoms with Crippen molar-refractivity contribution in [1.29, 1.82) is 0 Å². The molecule has 0 bridgehead atoms. The molecule has 5 heteroatoms. The average Bonchev–Trinajstić information content (AvgIpc) is 3.15. The van der Waals surface area contributed by atoms with Gasteiger partial charge in [-0.05, 0) is 55.0 Å². The zero-order valence-electron chi connectivity index (χ0n) is 14.4. The fourth-order valence-corrected chi connectivity index (χ4v) is 3.51. The maximum Gasteiger partial charge on any atom is 0.413 e. The number of anilines is 1. The minimum atomic E-state index is -0.360. The smallest absolute Gasteiger partial charge is 0.413 e. The number of aromatic amines is 1. The van der Waals surface area contributed by atoms with Crippen LogP contribution in [0.25, 0.3) is 5.57 Å². The van der Waals surface area contributed by atoms with Crippen LogP contribution in [-0.4, -0.2) is 30.2 Å². The summed E-state index contributed by atoms with van der Waals surface area (Å²) in [4.78, 5) is 20.8. The van der Waals surface area contributed by atoms with Gasteiger partial charge in [0.2, 0.25) is 0 Å². The van der Waals surface area contributed by atoms with E-state index in [0.29, 0.717) is 5.92 Å². The van der Waals surface area contributed by atoms with Gasteiger partial charge in [-0.1, -0.05) is 12.1 Å². The van der Waals surface area contributed by atoms with Crippen LogP contribution >= 0.6 is 0 Å². The second-order valence-electron chi connectivity index (χ2n) is 6.06. The molecule has 1 heterocycles. The van der Waals surface area contributed by atoms with Gasteiger partial charge in [0, 0.05) is 24.8 Å². The number of methoxy groups -OCH3 is 1. The molecule has 0 spiro atoms. The van der Waals surface area contributed by atoms with Crippen LogP contribution in [0.3, 0.4) is 0 Å². The molecule has 2 aromatic rings. The molecule has 3 rings (SSSR count). The number of amides is 1. The van der Waals surface area contributed by atoms with Crippen LogP contribution in [0.1, 0.15) is 42.5 Å². The van der Waals surface area contributed by atoms with Gasteiger partial charge in [0.15, 0.2) is 0 Å². The summed E-state index contributed by atoms with van der Waals surface area (Å²) < 4.78 is 4.83. The van der Waals surface area contributed by atoms with Crippen LogP contribution in [0.2, 0.25) is 0 Å². The number of H-pyrrole nitrogens is 1. The van der Waals surface area contributed by atoms with Gasteiger partial charge in [0.05, 0.1) is 19.1 Å². The Morgan fingerprint density at radius 3 is 2.96 bits per heavy atom. The zero-order chi connectivity index (χ0) is 17.1. The topological polar surface area (TPSA) is 58.2 Å². The highest BCUT2D eigenvalue weighted by Crippen LogP contribution is 2.41. The first kappa shape index (κ1) is 16.3. The van der Waals surface area contributed by atoms with Crippen LogP contribution in [-0.2, 0) is 11.2 Å². The Morgan fingerprint density at radius 1 is 1.46 bits per heavy atom. The third-order valence-corrected chi connectivity index (χ3v) is 4.76. The molecule has 24 heavy (non-hydrogen) atoms. The summed E-state index contributed by atoms with van der Waals surface area (Å²) in [6.07, 6.45) is 8.76. The Kier molecular flexibility index (Phi) is 4.69. The maximum absolute atomic E-state index is 11.8. The SMILES string of the molecule is C/C=C(\c1c[nH]cn1)C1CCCc2ccc(N(C)C(=O)OC)cc21. The lowest BCUT2D eigenvalue weighted by Gasteiger charge is -2.29. The summed E-state index contributed by atoms with van der Waals surface area (Å²) in [5.41, 5.74) is 5.70. The molecule has 0 saturated carbocycles. The normalized spacial score (nSPS) is 17.3. The van der Waals surface area contributed by atoms with E-state index in [1.807, 2.05) is 12.3 Å². The van der Waals surface area contributed by atoms with Crippen molar-refractivity contribution in [2.24, 2.45) is 0 Å². The first-order valence-corrected chi connectivity index (χ1v) is 8.25. The summed E-state index contributed by atoms with van der Waals surface area (Å²) in [5.74, 6) is 0.299. The molecule has 1 N–H and O–H groups in total. The van der Waals surface area contributed by atoms with Crippen molar-refractivity contribution in [3.63, 3.8) is 0 Å². The molecule has 1 aliphatic carbocycles. The predicted molar refractivity (Wildman–Crippen MR) is 95.2 cm³/mol. The highest BCUT2D eigenvalue weighted by atomic mass is 16.5. The van der Waals surface area contributed by atoms with Gasteiger partial charge in [0.1, 0.15) is 0 Å². The number of imidazole rings is 1. The Balaban J connectivity index is 2.01. The summed E-state index contributed by atoms with van der Waals surface area (Å²) in [5, 5.41) is 0. The van der Waals surface area contributed by atoms with Gasteiger partial charge in [-0.2, -0.15) is 0 Å². The van der Waals surface area contributed by atoms with Crippen LogP contribution in [0, 0.1) is 0 Å². The Labute approximate surface area is 142 Å². The molecule has 5 nitrogen and oxygen atoms in total. The van der Waals surface area contributed by atoms with Crippen molar-refractivity contribution >= 4 is 17.4 Å². The second kappa shape index (κ2) is 6.91. The van der Waals surface area contributed by atoms with E-state index in [0.717, 1.165) is 30.6 Å². The van der Waals surface area contributed by atoms with Crippen molar-refractivity contribution < 1.29 is 9.53 Å². The van der Waals surface area contributed by atoms with E-state index in [1.54, 1.807) is 13.4 Å². The van der Waals surface area contributed by atoms with E-state index < -0.39 is 0 Å². The molecular weight excluding hydrogens is 302 g/mol. The monoisotopic (exact) mass is 325 g/mol. The van der Waals surface area contributed by atoms with Crippen LogP contribution in [0.4, 0.5) is 10.5 Å². The molecule has 0 fully saturated rings. The number of aromatic nitrogens is 2. The van der Waals surface area contributed by atoms with Crippen molar-refractivity contribution in [3.8, 4) is 0 Å². The Bertz CT molecular complexity index is 750. The molecule has 1 amide bonds. The standard InChI is InChI=1S/C19H23N3O2/c1-4-15(18-11-20-12-21-18)16-7-5-6-13-8-9-14(10-17(13)16)22(2)19(23)24-3/h4,8-12,16H,5-7H2,1-3H3,(H,20,21)/b15-4-. The third kappa shape index (κ3) is 2.94. The molecule has 1 aromatic carbocycles. The van der Waals surface area contributed by atoms with Gasteiger partial charge in [0.25, 0.3) is 0 Å². The fourth-order valence-electron chi connectivity index (χ4n) is 3.51.